The standard InChI is InChI=1S/C25H33NO6/c1-7-26(8-2)12-13-32-25(27)21(15-18-10-9-11-20(14-18)28-3)19-16-22(29-4)24(31-6)23(17-19)30-5/h9-11,14-17H,7-8,12-13H2,1-6H3/b21-15+. The Balaban J connectivity index is 2.48. The van der Waals surface area contributed by atoms with Gasteiger partial charge in [0.1, 0.15) is 12.4 Å². The summed E-state index contributed by atoms with van der Waals surface area (Å²) in [6, 6.07) is 10.9. The zero-order valence-electron chi connectivity index (χ0n) is 19.8. The monoisotopic (exact) mass is 443 g/mol. The van der Waals surface area contributed by atoms with Crippen molar-refractivity contribution < 1.29 is 28.5 Å². The highest BCUT2D eigenvalue weighted by Crippen LogP contribution is 2.40. The van der Waals surface area contributed by atoms with Gasteiger partial charge < -0.3 is 28.6 Å². The summed E-state index contributed by atoms with van der Waals surface area (Å²) >= 11 is 0. The van der Waals surface area contributed by atoms with Gasteiger partial charge in [0.15, 0.2) is 11.5 Å². The van der Waals surface area contributed by atoms with E-state index in [1.54, 1.807) is 25.3 Å². The first kappa shape index (κ1) is 25.1. The van der Waals surface area contributed by atoms with E-state index in [1.165, 1.54) is 21.3 Å². The minimum atomic E-state index is -0.436. The first-order valence-corrected chi connectivity index (χ1v) is 10.6. The fourth-order valence-corrected chi connectivity index (χ4v) is 3.28. The Bertz CT molecular complexity index is 895. The Morgan fingerprint density at radius 2 is 1.56 bits per heavy atom. The molecule has 7 nitrogen and oxygen atoms in total. The topological polar surface area (TPSA) is 66.5 Å². The number of hydrogen-bond donors (Lipinski definition) is 0. The molecule has 174 valence electrons. The molecule has 0 spiro atoms. The zero-order valence-corrected chi connectivity index (χ0v) is 19.8. The van der Waals surface area contributed by atoms with Gasteiger partial charge in [-0.1, -0.05) is 26.0 Å². The number of likely N-dealkylation sites (N-methyl/N-ethyl adjacent to an activating group) is 1. The van der Waals surface area contributed by atoms with Crippen molar-refractivity contribution in [3.8, 4) is 23.0 Å². The van der Waals surface area contributed by atoms with Crippen LogP contribution in [0.15, 0.2) is 36.4 Å². The lowest BCUT2D eigenvalue weighted by molar-refractivity contribution is -0.136. The Hall–Kier alpha value is -3.19. The molecular weight excluding hydrogens is 410 g/mol. The van der Waals surface area contributed by atoms with E-state index in [0.717, 1.165) is 18.7 Å². The average molecular weight is 444 g/mol. The molecule has 2 rings (SSSR count). The smallest absolute Gasteiger partial charge is 0.338 e. The molecule has 0 amide bonds. The first-order chi connectivity index (χ1) is 15.5. The third-order valence-electron chi connectivity index (χ3n) is 5.14. The minimum absolute atomic E-state index is 0.292. The summed E-state index contributed by atoms with van der Waals surface area (Å²) in [6.45, 7) is 6.91. The van der Waals surface area contributed by atoms with Gasteiger partial charge in [-0.05, 0) is 54.6 Å². The van der Waals surface area contributed by atoms with Crippen LogP contribution in [0.25, 0.3) is 11.6 Å². The normalized spacial score (nSPS) is 11.3. The lowest BCUT2D eigenvalue weighted by atomic mass is 10.0. The molecule has 0 saturated carbocycles. The predicted molar refractivity (Wildman–Crippen MR) is 126 cm³/mol. The van der Waals surface area contributed by atoms with Crippen LogP contribution in [0.4, 0.5) is 0 Å². The lowest BCUT2D eigenvalue weighted by Crippen LogP contribution is -2.28. The molecule has 0 unspecified atom stereocenters. The van der Waals surface area contributed by atoms with Crippen LogP contribution in [0.5, 0.6) is 23.0 Å². The summed E-state index contributed by atoms with van der Waals surface area (Å²) in [5.74, 6) is 1.62. The molecule has 0 aliphatic carbocycles. The van der Waals surface area contributed by atoms with Gasteiger partial charge in [0.25, 0.3) is 0 Å². The number of hydrogen-bond acceptors (Lipinski definition) is 7. The lowest BCUT2D eigenvalue weighted by Gasteiger charge is -2.18. The quantitative estimate of drug-likeness (QED) is 0.277. The first-order valence-electron chi connectivity index (χ1n) is 10.6. The molecule has 0 radical (unpaired) electrons. The van der Waals surface area contributed by atoms with Crippen molar-refractivity contribution in [1.82, 2.24) is 4.90 Å². The molecule has 0 saturated heterocycles. The maximum absolute atomic E-state index is 13.2. The van der Waals surface area contributed by atoms with Gasteiger partial charge in [-0.25, -0.2) is 4.79 Å². The van der Waals surface area contributed by atoms with Crippen molar-refractivity contribution in [2.45, 2.75) is 13.8 Å². The van der Waals surface area contributed by atoms with Crippen molar-refractivity contribution in [3.63, 3.8) is 0 Å². The number of methoxy groups -OCH3 is 4. The maximum atomic E-state index is 13.2. The third-order valence-corrected chi connectivity index (χ3v) is 5.14. The van der Waals surface area contributed by atoms with Crippen LogP contribution in [-0.2, 0) is 9.53 Å². The Morgan fingerprint density at radius 1 is 0.906 bits per heavy atom. The van der Waals surface area contributed by atoms with E-state index in [-0.39, 0.29) is 0 Å². The van der Waals surface area contributed by atoms with Gasteiger partial charge in [-0.2, -0.15) is 0 Å². The molecule has 2 aromatic rings. The fraction of sp³-hybridized carbons (Fsp3) is 0.400. The van der Waals surface area contributed by atoms with Gasteiger partial charge in [0.2, 0.25) is 5.75 Å². The molecule has 0 atom stereocenters. The van der Waals surface area contributed by atoms with E-state index in [4.69, 9.17) is 23.7 Å². The maximum Gasteiger partial charge on any atom is 0.338 e. The molecule has 0 aliphatic rings. The van der Waals surface area contributed by atoms with Gasteiger partial charge in [0, 0.05) is 6.54 Å². The van der Waals surface area contributed by atoms with Gasteiger partial charge >= 0.3 is 5.97 Å². The van der Waals surface area contributed by atoms with Crippen LogP contribution in [0.2, 0.25) is 0 Å². The average Bonchev–Trinajstić information content (AvgIpc) is 2.84. The third kappa shape index (κ3) is 6.40. The van der Waals surface area contributed by atoms with Crippen molar-refractivity contribution in [3.05, 3.63) is 47.5 Å². The minimum Gasteiger partial charge on any atom is -0.497 e. The van der Waals surface area contributed by atoms with Crippen LogP contribution in [-0.4, -0.2) is 65.5 Å². The van der Waals surface area contributed by atoms with Crippen molar-refractivity contribution in [2.75, 3.05) is 54.7 Å². The van der Waals surface area contributed by atoms with E-state index >= 15 is 0 Å². The van der Waals surface area contributed by atoms with E-state index in [1.807, 2.05) is 24.3 Å². The van der Waals surface area contributed by atoms with Gasteiger partial charge in [0.05, 0.1) is 34.0 Å². The molecule has 0 N–H and O–H groups in total. The Morgan fingerprint density at radius 3 is 2.09 bits per heavy atom. The van der Waals surface area contributed by atoms with Crippen molar-refractivity contribution in [2.24, 2.45) is 0 Å². The summed E-state index contributed by atoms with van der Waals surface area (Å²) in [7, 11) is 6.21. The molecule has 0 heterocycles. The summed E-state index contributed by atoms with van der Waals surface area (Å²) in [5, 5.41) is 0. The molecule has 7 heteroatoms. The number of ether oxygens (including phenoxy) is 5. The highest BCUT2D eigenvalue weighted by atomic mass is 16.5. The Kier molecular flexibility index (Phi) is 9.88. The van der Waals surface area contributed by atoms with E-state index in [9.17, 15) is 4.79 Å². The molecule has 2 aromatic carbocycles. The molecule has 0 aliphatic heterocycles. The van der Waals surface area contributed by atoms with Crippen molar-refractivity contribution in [1.29, 1.82) is 0 Å². The SMILES string of the molecule is CCN(CC)CCOC(=O)/C(=C/c1cccc(OC)c1)c1cc(OC)c(OC)c(OC)c1. The number of benzene rings is 2. The number of carbonyl (C=O) groups is 1. The summed E-state index contributed by atoms with van der Waals surface area (Å²) < 4.78 is 27.3. The predicted octanol–water partition coefficient (Wildman–Crippen LogP) is 4.15. The van der Waals surface area contributed by atoms with E-state index < -0.39 is 5.97 Å². The number of rotatable bonds is 12. The highest BCUT2D eigenvalue weighted by Gasteiger charge is 2.20. The number of esters is 1. The van der Waals surface area contributed by atoms with Crippen LogP contribution < -0.4 is 18.9 Å². The molecule has 0 bridgehead atoms. The van der Waals surface area contributed by atoms with Crippen LogP contribution in [0.3, 0.4) is 0 Å². The number of carbonyl (C=O) groups excluding carboxylic acids is 1. The highest BCUT2D eigenvalue weighted by molar-refractivity contribution is 6.21. The van der Waals surface area contributed by atoms with Crippen LogP contribution >= 0.6 is 0 Å². The summed E-state index contributed by atoms with van der Waals surface area (Å²) in [4.78, 5) is 15.4. The van der Waals surface area contributed by atoms with Crippen LogP contribution in [0, 0.1) is 0 Å². The second kappa shape index (κ2) is 12.6. The molecule has 0 aromatic heterocycles. The molecular formula is C25H33NO6. The summed E-state index contributed by atoms with van der Waals surface area (Å²) in [5.41, 5.74) is 1.76. The summed E-state index contributed by atoms with van der Waals surface area (Å²) in [6.07, 6.45) is 1.77. The van der Waals surface area contributed by atoms with E-state index in [0.29, 0.717) is 47.3 Å². The second-order valence-corrected chi connectivity index (χ2v) is 6.91. The molecule has 32 heavy (non-hydrogen) atoms. The van der Waals surface area contributed by atoms with Crippen molar-refractivity contribution >= 4 is 17.6 Å². The molecule has 0 fully saturated rings. The van der Waals surface area contributed by atoms with E-state index in [2.05, 4.69) is 18.7 Å². The largest absolute Gasteiger partial charge is 0.497 e. The van der Waals surface area contributed by atoms with Crippen LogP contribution in [0.1, 0.15) is 25.0 Å². The fourth-order valence-electron chi connectivity index (χ4n) is 3.28. The van der Waals surface area contributed by atoms with Gasteiger partial charge in [-0.3, -0.25) is 0 Å². The number of nitrogens with zero attached hydrogens (tertiary/aromatic N) is 1. The second-order valence-electron chi connectivity index (χ2n) is 6.91. The zero-order chi connectivity index (χ0) is 23.5. The Labute approximate surface area is 190 Å². The van der Waals surface area contributed by atoms with Gasteiger partial charge in [-0.15, -0.1) is 0 Å².